The Balaban J connectivity index is 0.00000177. The molecule has 0 aromatic carbocycles. The van der Waals surface area contributed by atoms with Crippen molar-refractivity contribution in [2.75, 3.05) is 26.4 Å². The summed E-state index contributed by atoms with van der Waals surface area (Å²) in [5, 5.41) is 12.0. The van der Waals surface area contributed by atoms with Crippen molar-refractivity contribution >= 4 is 0 Å². The summed E-state index contributed by atoms with van der Waals surface area (Å²) in [6, 6.07) is 1.72. The maximum Gasteiger partial charge on any atom is 0.417 e. The van der Waals surface area contributed by atoms with Crippen LogP contribution in [0.1, 0.15) is 46.6 Å². The summed E-state index contributed by atoms with van der Waals surface area (Å²) in [5.41, 5.74) is -1.10. The van der Waals surface area contributed by atoms with Crippen molar-refractivity contribution < 1.29 is 23.0 Å². The number of halogens is 3. The van der Waals surface area contributed by atoms with E-state index >= 15 is 0 Å². The fourth-order valence-corrected chi connectivity index (χ4v) is 2.56. The molecule has 5 nitrogen and oxygen atoms in total. The second-order valence-corrected chi connectivity index (χ2v) is 7.07. The molecule has 1 aliphatic rings. The van der Waals surface area contributed by atoms with Crippen LogP contribution in [0.25, 0.3) is 0 Å². The van der Waals surface area contributed by atoms with E-state index in [1.165, 1.54) is 6.42 Å². The standard InChI is InChI=1S/C19H23F3N2O3.C3H8.C2H6/c1-18(23-9-11-27-12-10-25)7-2-3-15(6-8-18)13-24-14-16(19(20,21)22)4-5-17(24)26;1-3-2;1-2/h2-8,14,23,25H,9-13H2,1H3;3H2,1-2H3;1-2H3. The van der Waals surface area contributed by atoms with Gasteiger partial charge in [0.15, 0.2) is 0 Å². The van der Waals surface area contributed by atoms with Crippen LogP contribution in [0.3, 0.4) is 0 Å². The van der Waals surface area contributed by atoms with Crippen LogP contribution in [0.5, 0.6) is 0 Å². The zero-order valence-corrected chi connectivity index (χ0v) is 19.7. The second-order valence-electron chi connectivity index (χ2n) is 7.07. The zero-order chi connectivity index (χ0) is 24.6. The van der Waals surface area contributed by atoms with E-state index in [9.17, 15) is 18.0 Å². The molecule has 32 heavy (non-hydrogen) atoms. The Morgan fingerprint density at radius 2 is 1.81 bits per heavy atom. The van der Waals surface area contributed by atoms with Crippen LogP contribution < -0.4 is 10.9 Å². The largest absolute Gasteiger partial charge is 0.417 e. The van der Waals surface area contributed by atoms with E-state index in [0.29, 0.717) is 18.7 Å². The molecule has 1 heterocycles. The number of alkyl halides is 3. The van der Waals surface area contributed by atoms with Gasteiger partial charge in [-0.15, -0.1) is 0 Å². The third kappa shape index (κ3) is 11.5. The minimum absolute atomic E-state index is 0.0285. The van der Waals surface area contributed by atoms with Gasteiger partial charge in [-0.3, -0.25) is 4.79 Å². The van der Waals surface area contributed by atoms with Gasteiger partial charge in [0.05, 0.1) is 37.5 Å². The van der Waals surface area contributed by atoms with Gasteiger partial charge in [-0.25, -0.2) is 0 Å². The number of pyridine rings is 1. The molecule has 2 rings (SSSR count). The van der Waals surface area contributed by atoms with E-state index in [-0.39, 0.29) is 19.8 Å². The minimum Gasteiger partial charge on any atom is -0.394 e. The molecule has 0 saturated carbocycles. The quantitative estimate of drug-likeness (QED) is 0.554. The van der Waals surface area contributed by atoms with Gasteiger partial charge in [0.25, 0.3) is 5.56 Å². The first kappa shape index (κ1) is 29.8. The van der Waals surface area contributed by atoms with Crippen LogP contribution in [0.15, 0.2) is 59.1 Å². The molecule has 1 atom stereocenters. The minimum atomic E-state index is -4.50. The lowest BCUT2D eigenvalue weighted by atomic mass is 10.0. The summed E-state index contributed by atoms with van der Waals surface area (Å²) in [6.45, 7) is 11.5. The normalized spacial score (nSPS) is 17.5. The summed E-state index contributed by atoms with van der Waals surface area (Å²) in [5.74, 6) is 0. The molecular weight excluding hydrogens is 421 g/mol. The van der Waals surface area contributed by atoms with Crippen LogP contribution in [0.4, 0.5) is 13.2 Å². The topological polar surface area (TPSA) is 63.5 Å². The molecule has 1 aliphatic carbocycles. The molecule has 0 spiro atoms. The highest BCUT2D eigenvalue weighted by atomic mass is 19.4. The van der Waals surface area contributed by atoms with Crippen LogP contribution in [0, 0.1) is 0 Å². The Bertz CT molecular complexity index is 798. The van der Waals surface area contributed by atoms with Gasteiger partial charge >= 0.3 is 6.18 Å². The highest BCUT2D eigenvalue weighted by molar-refractivity contribution is 5.34. The molecule has 0 radical (unpaired) electrons. The molecule has 1 aromatic heterocycles. The number of hydrogen-bond donors (Lipinski definition) is 2. The average Bonchev–Trinajstić information content (AvgIpc) is 2.92. The lowest BCUT2D eigenvalue weighted by Gasteiger charge is -2.23. The van der Waals surface area contributed by atoms with Crippen LogP contribution >= 0.6 is 0 Å². The molecule has 0 bridgehead atoms. The monoisotopic (exact) mass is 458 g/mol. The van der Waals surface area contributed by atoms with Crippen molar-refractivity contribution in [1.29, 1.82) is 0 Å². The fraction of sp³-hybridized carbons (Fsp3) is 0.542. The third-order valence-corrected chi connectivity index (χ3v) is 4.05. The van der Waals surface area contributed by atoms with E-state index in [1.807, 2.05) is 32.9 Å². The van der Waals surface area contributed by atoms with E-state index in [1.54, 1.807) is 18.2 Å². The lowest BCUT2D eigenvalue weighted by Crippen LogP contribution is -2.40. The van der Waals surface area contributed by atoms with Crippen molar-refractivity contribution in [2.45, 2.75) is 59.3 Å². The van der Waals surface area contributed by atoms with Gasteiger partial charge in [-0.05, 0) is 18.6 Å². The fourth-order valence-electron chi connectivity index (χ4n) is 2.56. The highest BCUT2D eigenvalue weighted by Gasteiger charge is 2.31. The number of hydrogen-bond acceptors (Lipinski definition) is 4. The third-order valence-electron chi connectivity index (χ3n) is 4.05. The number of allylic oxidation sites excluding steroid dienone is 4. The van der Waals surface area contributed by atoms with E-state index < -0.39 is 22.8 Å². The molecule has 1 unspecified atom stereocenters. The summed E-state index contributed by atoms with van der Waals surface area (Å²) in [7, 11) is 0. The van der Waals surface area contributed by atoms with Gasteiger partial charge in [0.2, 0.25) is 0 Å². The van der Waals surface area contributed by atoms with Gasteiger partial charge in [-0.2, -0.15) is 13.2 Å². The van der Waals surface area contributed by atoms with Gasteiger partial charge in [0.1, 0.15) is 0 Å². The highest BCUT2D eigenvalue weighted by Crippen LogP contribution is 2.28. The Kier molecular flexibility index (Phi) is 14.6. The van der Waals surface area contributed by atoms with Gasteiger partial charge in [0, 0.05) is 18.8 Å². The number of nitrogens with one attached hydrogen (secondary N) is 1. The first-order valence-corrected chi connectivity index (χ1v) is 10.9. The number of aliphatic hydroxyl groups is 1. The number of aliphatic hydroxyl groups excluding tert-OH is 1. The van der Waals surface area contributed by atoms with Crippen molar-refractivity contribution in [1.82, 2.24) is 9.88 Å². The maximum absolute atomic E-state index is 12.9. The van der Waals surface area contributed by atoms with Crippen molar-refractivity contribution in [3.63, 3.8) is 0 Å². The molecule has 182 valence electrons. The first-order chi connectivity index (χ1) is 15.1. The summed E-state index contributed by atoms with van der Waals surface area (Å²) >= 11 is 0. The summed E-state index contributed by atoms with van der Waals surface area (Å²) < 4.78 is 44.8. The summed E-state index contributed by atoms with van der Waals surface area (Å²) in [4.78, 5) is 11.9. The van der Waals surface area contributed by atoms with Crippen molar-refractivity contribution in [3.8, 4) is 0 Å². The predicted molar refractivity (Wildman–Crippen MR) is 124 cm³/mol. The number of aromatic nitrogens is 1. The van der Waals surface area contributed by atoms with Crippen LogP contribution in [0.2, 0.25) is 0 Å². The first-order valence-electron chi connectivity index (χ1n) is 10.9. The van der Waals surface area contributed by atoms with E-state index in [4.69, 9.17) is 9.84 Å². The van der Waals surface area contributed by atoms with Gasteiger partial charge < -0.3 is 19.7 Å². The van der Waals surface area contributed by atoms with Crippen molar-refractivity contribution in [2.24, 2.45) is 0 Å². The summed E-state index contributed by atoms with van der Waals surface area (Å²) in [6.07, 6.45) is 6.73. The molecule has 1 aromatic rings. The maximum atomic E-state index is 12.9. The Labute approximate surface area is 189 Å². The SMILES string of the molecule is CC.CC1(NCCOCCO)C=CC=C(Cn2cc(C(F)(F)F)ccc2=O)C=C1.CCC. The molecule has 0 saturated heterocycles. The Morgan fingerprint density at radius 3 is 2.41 bits per heavy atom. The smallest absolute Gasteiger partial charge is 0.394 e. The van der Waals surface area contributed by atoms with Crippen LogP contribution in [-0.4, -0.2) is 41.6 Å². The molecular formula is C24H37F3N2O3. The number of nitrogens with zero attached hydrogens (tertiary/aromatic N) is 1. The molecule has 0 fully saturated rings. The molecule has 8 heteroatoms. The van der Waals surface area contributed by atoms with Crippen LogP contribution in [-0.2, 0) is 17.5 Å². The van der Waals surface area contributed by atoms with E-state index in [2.05, 4.69) is 19.2 Å². The second kappa shape index (κ2) is 15.6. The molecule has 0 aliphatic heterocycles. The lowest BCUT2D eigenvalue weighted by molar-refractivity contribution is -0.138. The average molecular weight is 459 g/mol. The van der Waals surface area contributed by atoms with Gasteiger partial charge in [-0.1, -0.05) is 64.5 Å². The molecule has 0 amide bonds. The Hall–Kier alpha value is -2.16. The predicted octanol–water partition coefficient (Wildman–Crippen LogP) is 4.72. The molecule has 2 N–H and O–H groups in total. The number of rotatable bonds is 8. The Morgan fingerprint density at radius 1 is 1.16 bits per heavy atom. The van der Waals surface area contributed by atoms with E-state index in [0.717, 1.165) is 22.9 Å². The number of ether oxygens (including phenoxy) is 1. The van der Waals surface area contributed by atoms with Crippen molar-refractivity contribution in [3.05, 3.63) is 70.2 Å². The zero-order valence-electron chi connectivity index (χ0n) is 19.7.